The van der Waals surface area contributed by atoms with E-state index in [1.165, 1.54) is 25.7 Å². The van der Waals surface area contributed by atoms with Gasteiger partial charge in [0.2, 0.25) is 5.91 Å². The van der Waals surface area contributed by atoms with Crippen LogP contribution in [-0.4, -0.2) is 16.9 Å². The highest BCUT2D eigenvalue weighted by Crippen LogP contribution is 2.38. The first kappa shape index (κ1) is 16.4. The molecule has 1 rings (SSSR count). The van der Waals surface area contributed by atoms with Crippen molar-refractivity contribution in [3.8, 4) is 0 Å². The van der Waals surface area contributed by atoms with Crippen molar-refractivity contribution < 1.29 is 4.79 Å². The van der Waals surface area contributed by atoms with Crippen LogP contribution >= 0.6 is 12.2 Å². The number of carbonyl (C=O) groups excluding carboxylic acids is 1. The number of hydrogen-bond acceptors (Lipinski definition) is 2. The number of carbonyl (C=O) groups is 1. The molecule has 1 atom stereocenters. The standard InChI is InChI=1S/C15H28N2OS/c1-3-4-5-6-9-12(2)17-14(18)15(13(16)19)10-7-8-11-15/h12H,3-11H2,1-2H3,(H2,16,19)(H,17,18). The van der Waals surface area contributed by atoms with Gasteiger partial charge < -0.3 is 11.1 Å². The van der Waals surface area contributed by atoms with E-state index >= 15 is 0 Å². The molecule has 0 aromatic rings. The van der Waals surface area contributed by atoms with Crippen LogP contribution in [0.3, 0.4) is 0 Å². The maximum absolute atomic E-state index is 12.4. The molecule has 110 valence electrons. The summed E-state index contributed by atoms with van der Waals surface area (Å²) in [6.45, 7) is 4.28. The fourth-order valence-corrected chi connectivity index (χ4v) is 3.17. The molecule has 1 aliphatic carbocycles. The zero-order valence-electron chi connectivity index (χ0n) is 12.3. The van der Waals surface area contributed by atoms with Crippen molar-refractivity contribution in [2.45, 2.75) is 77.7 Å². The van der Waals surface area contributed by atoms with Crippen LogP contribution in [0.15, 0.2) is 0 Å². The van der Waals surface area contributed by atoms with Crippen LogP contribution in [0.4, 0.5) is 0 Å². The Morgan fingerprint density at radius 2 is 1.95 bits per heavy atom. The Morgan fingerprint density at radius 1 is 1.32 bits per heavy atom. The molecule has 0 aromatic carbocycles. The third kappa shape index (κ3) is 4.44. The van der Waals surface area contributed by atoms with E-state index in [9.17, 15) is 4.79 Å². The summed E-state index contributed by atoms with van der Waals surface area (Å²) in [7, 11) is 0. The van der Waals surface area contributed by atoms with Crippen molar-refractivity contribution >= 4 is 23.1 Å². The first-order valence-corrected chi connectivity index (χ1v) is 8.04. The molecule has 1 aliphatic rings. The molecule has 0 radical (unpaired) electrons. The van der Waals surface area contributed by atoms with Crippen molar-refractivity contribution in [2.75, 3.05) is 0 Å². The molecule has 0 heterocycles. The van der Waals surface area contributed by atoms with Crippen molar-refractivity contribution in [1.82, 2.24) is 5.32 Å². The van der Waals surface area contributed by atoms with Crippen molar-refractivity contribution in [2.24, 2.45) is 11.1 Å². The van der Waals surface area contributed by atoms with Crippen molar-refractivity contribution in [3.63, 3.8) is 0 Å². The number of nitrogens with one attached hydrogen (secondary N) is 1. The van der Waals surface area contributed by atoms with Crippen LogP contribution in [0.2, 0.25) is 0 Å². The molecule has 1 unspecified atom stereocenters. The molecule has 1 fully saturated rings. The summed E-state index contributed by atoms with van der Waals surface area (Å²) in [4.78, 5) is 12.8. The Bertz CT molecular complexity index is 311. The number of nitrogens with two attached hydrogens (primary N) is 1. The topological polar surface area (TPSA) is 55.1 Å². The lowest BCUT2D eigenvalue weighted by Gasteiger charge is -2.28. The molecule has 1 saturated carbocycles. The summed E-state index contributed by atoms with van der Waals surface area (Å²) in [5, 5.41) is 3.11. The van der Waals surface area contributed by atoms with E-state index in [0.717, 1.165) is 32.1 Å². The van der Waals surface area contributed by atoms with E-state index < -0.39 is 5.41 Å². The van der Waals surface area contributed by atoms with Gasteiger partial charge in [-0.05, 0) is 26.2 Å². The smallest absolute Gasteiger partial charge is 0.233 e. The van der Waals surface area contributed by atoms with Gasteiger partial charge in [-0.25, -0.2) is 0 Å². The second-order valence-corrected chi connectivity index (χ2v) is 6.32. The Kier molecular flexibility index (Phi) is 6.76. The average Bonchev–Trinajstić information content (AvgIpc) is 2.85. The number of amides is 1. The fraction of sp³-hybridized carbons (Fsp3) is 0.867. The van der Waals surface area contributed by atoms with Crippen molar-refractivity contribution in [1.29, 1.82) is 0 Å². The predicted octanol–water partition coefficient (Wildman–Crippen LogP) is 3.31. The first-order valence-electron chi connectivity index (χ1n) is 7.64. The summed E-state index contributed by atoms with van der Waals surface area (Å²) >= 11 is 5.14. The predicted molar refractivity (Wildman–Crippen MR) is 84.1 cm³/mol. The van der Waals surface area contributed by atoms with Crippen molar-refractivity contribution in [3.05, 3.63) is 0 Å². The molecule has 19 heavy (non-hydrogen) atoms. The van der Waals surface area contributed by atoms with Crippen LogP contribution in [-0.2, 0) is 4.79 Å². The van der Waals surface area contributed by atoms with Crippen LogP contribution in [0.5, 0.6) is 0 Å². The molecule has 0 aliphatic heterocycles. The SMILES string of the molecule is CCCCCCC(C)NC(=O)C1(C(N)=S)CCCC1. The van der Waals surface area contributed by atoms with Gasteiger partial charge in [0.15, 0.2) is 0 Å². The molecule has 3 nitrogen and oxygen atoms in total. The minimum atomic E-state index is -0.562. The van der Waals surface area contributed by atoms with E-state index in [-0.39, 0.29) is 11.9 Å². The van der Waals surface area contributed by atoms with E-state index in [0.29, 0.717) is 4.99 Å². The monoisotopic (exact) mass is 284 g/mol. The third-order valence-corrected chi connectivity index (χ3v) is 4.62. The van der Waals surface area contributed by atoms with Gasteiger partial charge in [0.05, 0.1) is 10.4 Å². The number of rotatable bonds is 8. The largest absolute Gasteiger partial charge is 0.392 e. The Hall–Kier alpha value is -0.640. The normalized spacial score (nSPS) is 19.1. The second-order valence-electron chi connectivity index (χ2n) is 5.88. The Labute approximate surface area is 122 Å². The molecule has 0 bridgehead atoms. The lowest BCUT2D eigenvalue weighted by Crippen LogP contribution is -2.49. The van der Waals surface area contributed by atoms with Gasteiger partial charge in [0, 0.05) is 6.04 Å². The molecule has 0 aromatic heterocycles. The lowest BCUT2D eigenvalue weighted by atomic mass is 9.84. The molecular formula is C15H28N2OS. The average molecular weight is 284 g/mol. The molecule has 1 amide bonds. The van der Waals surface area contributed by atoms with Gasteiger partial charge in [-0.15, -0.1) is 0 Å². The van der Waals surface area contributed by atoms with E-state index in [1.807, 2.05) is 0 Å². The van der Waals surface area contributed by atoms with Gasteiger partial charge in [-0.2, -0.15) is 0 Å². The van der Waals surface area contributed by atoms with Gasteiger partial charge in [0.25, 0.3) is 0 Å². The van der Waals surface area contributed by atoms with Gasteiger partial charge in [-0.3, -0.25) is 4.79 Å². The lowest BCUT2D eigenvalue weighted by molar-refractivity contribution is -0.128. The van der Waals surface area contributed by atoms with E-state index in [2.05, 4.69) is 19.2 Å². The van der Waals surface area contributed by atoms with Crippen LogP contribution in [0.25, 0.3) is 0 Å². The molecule has 4 heteroatoms. The summed E-state index contributed by atoms with van der Waals surface area (Å²) in [5.41, 5.74) is 5.26. The van der Waals surface area contributed by atoms with Gasteiger partial charge in [0.1, 0.15) is 0 Å². The summed E-state index contributed by atoms with van der Waals surface area (Å²) in [6, 6.07) is 0.219. The second kappa shape index (κ2) is 7.83. The summed E-state index contributed by atoms with van der Waals surface area (Å²) in [6.07, 6.45) is 9.72. The zero-order valence-corrected chi connectivity index (χ0v) is 13.2. The maximum atomic E-state index is 12.4. The van der Waals surface area contributed by atoms with E-state index in [1.54, 1.807) is 0 Å². The molecule has 0 saturated heterocycles. The minimum Gasteiger partial charge on any atom is -0.392 e. The number of hydrogen-bond donors (Lipinski definition) is 2. The number of thiocarbonyl (C=S) groups is 1. The first-order chi connectivity index (χ1) is 9.03. The summed E-state index contributed by atoms with van der Waals surface area (Å²) in [5.74, 6) is 0.0560. The molecule has 3 N–H and O–H groups in total. The molecule has 0 spiro atoms. The molecular weight excluding hydrogens is 256 g/mol. The van der Waals surface area contributed by atoms with Crippen LogP contribution in [0.1, 0.15) is 71.6 Å². The summed E-state index contributed by atoms with van der Waals surface area (Å²) < 4.78 is 0. The highest BCUT2D eigenvalue weighted by atomic mass is 32.1. The maximum Gasteiger partial charge on any atom is 0.233 e. The zero-order chi connectivity index (χ0) is 14.3. The Balaban J connectivity index is 2.42. The quantitative estimate of drug-likeness (QED) is 0.531. The number of unbranched alkanes of at least 4 members (excludes halogenated alkanes) is 3. The highest BCUT2D eigenvalue weighted by Gasteiger charge is 2.44. The van der Waals surface area contributed by atoms with Gasteiger partial charge >= 0.3 is 0 Å². The van der Waals surface area contributed by atoms with Gasteiger partial charge in [-0.1, -0.05) is 57.7 Å². The highest BCUT2D eigenvalue weighted by molar-refractivity contribution is 7.80. The minimum absolute atomic E-state index is 0.0560. The van der Waals surface area contributed by atoms with Crippen LogP contribution in [0, 0.1) is 5.41 Å². The third-order valence-electron chi connectivity index (χ3n) is 4.23. The fourth-order valence-electron chi connectivity index (χ4n) is 2.88. The van der Waals surface area contributed by atoms with E-state index in [4.69, 9.17) is 18.0 Å². The van der Waals surface area contributed by atoms with Crippen LogP contribution < -0.4 is 11.1 Å². The Morgan fingerprint density at radius 3 is 2.47 bits per heavy atom.